The third kappa shape index (κ3) is 40.2. The molecule has 0 saturated heterocycles. The van der Waals surface area contributed by atoms with Crippen LogP contribution in [0.4, 0.5) is 0 Å². The molecule has 0 unspecified atom stereocenters. The van der Waals surface area contributed by atoms with Crippen LogP contribution < -0.4 is 48.2 Å². The summed E-state index contributed by atoms with van der Waals surface area (Å²) in [5.74, 6) is -4.13. The van der Waals surface area contributed by atoms with Crippen LogP contribution in [-0.2, 0) is 52.5 Å². The Morgan fingerprint density at radius 2 is 0.900 bits per heavy atom. The maximum Gasteiger partial charge on any atom is 0.320 e. The predicted octanol–water partition coefficient (Wildman–Crippen LogP) is -1.07. The minimum atomic E-state index is -1.16. The van der Waals surface area contributed by atoms with Crippen molar-refractivity contribution in [2.45, 2.75) is 132 Å². The van der Waals surface area contributed by atoms with Crippen LogP contribution in [0.3, 0.4) is 0 Å². The van der Waals surface area contributed by atoms with Crippen LogP contribution in [0.2, 0.25) is 0 Å². The molecule has 0 aliphatic carbocycles. The summed E-state index contributed by atoms with van der Waals surface area (Å²) >= 11 is -1.16. The van der Waals surface area contributed by atoms with Crippen LogP contribution in [-0.4, -0.2) is 144 Å². The molecule has 60 heavy (non-hydrogen) atoms. The Kier molecular flexibility index (Phi) is 39.0. The van der Waals surface area contributed by atoms with Crippen LogP contribution in [0.15, 0.2) is 0 Å². The predicted molar refractivity (Wildman–Crippen MR) is 218 cm³/mol. The van der Waals surface area contributed by atoms with E-state index in [2.05, 4.69) is 21.3 Å². The Morgan fingerprint density at radius 1 is 0.467 bits per heavy atom. The van der Waals surface area contributed by atoms with Crippen molar-refractivity contribution in [2.24, 2.45) is 5.73 Å². The number of nitrogens with one attached hydrogen (secondary N) is 4. The van der Waals surface area contributed by atoms with Crippen LogP contribution in [0.5, 0.6) is 0 Å². The van der Waals surface area contributed by atoms with Crippen molar-refractivity contribution in [3.8, 4) is 0 Å². The number of alkyl halides is 2. The van der Waals surface area contributed by atoms with E-state index in [0.717, 1.165) is 38.5 Å². The number of hydrogen-bond donors (Lipinski definition) is 8. The molecule has 19 nitrogen and oxygen atoms in total. The molecular weight excluding hydrogens is 901 g/mol. The summed E-state index contributed by atoms with van der Waals surface area (Å²) < 4.78 is 20.2. The topological polar surface area (TPSA) is 291 Å². The van der Waals surface area contributed by atoms with Gasteiger partial charge in [0.05, 0.1) is 19.8 Å². The second-order valence-corrected chi connectivity index (χ2v) is 17.1. The average molecular weight is 975 g/mol. The summed E-state index contributed by atoms with van der Waals surface area (Å²) in [6, 6.07) is -0.896. The summed E-state index contributed by atoms with van der Waals surface area (Å²) in [6.45, 7) is 1.83. The first-order chi connectivity index (χ1) is 28.9. The fraction of sp³-hybridized carbons (Fsp3) is 0.825. The fourth-order valence-electron chi connectivity index (χ4n) is 5.49. The molecule has 0 saturated carbocycles. The van der Waals surface area contributed by atoms with Crippen molar-refractivity contribution < 1.29 is 89.0 Å². The van der Waals surface area contributed by atoms with E-state index in [1.54, 1.807) is 0 Å². The number of rotatable bonds is 44. The number of unbranched alkanes of at least 4 members (excludes halogenated alkanes) is 14. The fourth-order valence-corrected chi connectivity index (χ4v) is 7.55. The number of carboxylic acids is 3. The van der Waals surface area contributed by atoms with Crippen LogP contribution in [0.1, 0.15) is 122 Å². The van der Waals surface area contributed by atoms with Crippen LogP contribution in [0, 0.1) is 0 Å². The van der Waals surface area contributed by atoms with Crippen molar-refractivity contribution in [1.29, 1.82) is 0 Å². The van der Waals surface area contributed by atoms with E-state index in [1.165, 1.54) is 44.9 Å². The van der Waals surface area contributed by atoms with Gasteiger partial charge in [0.25, 0.3) is 0 Å². The smallest absolute Gasteiger partial charge is 0.320 e. The summed E-state index contributed by atoms with van der Waals surface area (Å²) in [4.78, 5) is 81.0. The number of ether oxygens (including phenoxy) is 4. The largest absolute Gasteiger partial charge is 0.480 e. The molecule has 0 spiro atoms. The molecule has 0 aliphatic rings. The number of hydrogen-bond acceptors (Lipinski definition) is 12. The molecule has 0 aromatic rings. The molecule has 0 aromatic carbocycles. The quantitative estimate of drug-likeness (QED) is 0.0156. The normalized spacial score (nSPS) is 12.1. The molecule has 0 aliphatic heterocycles. The number of amides is 4. The molecule has 2 atom stereocenters. The molecule has 0 radical (unpaired) electrons. The van der Waals surface area contributed by atoms with E-state index < -0.39 is 49.2 Å². The molecule has 0 aromatic heterocycles. The van der Waals surface area contributed by atoms with E-state index in [0.29, 0.717) is 32.2 Å². The number of carbonyl (C=O) groups excluding carboxylic acids is 4. The molecular formula is C40H73IN5O14-. The Balaban J connectivity index is 3.65. The second-order valence-electron chi connectivity index (χ2n) is 14.2. The van der Waals surface area contributed by atoms with Gasteiger partial charge in [0, 0.05) is 19.5 Å². The molecule has 9 N–H and O–H groups in total. The van der Waals surface area contributed by atoms with Crippen molar-refractivity contribution in [2.75, 3.05) is 76.9 Å². The first-order valence-electron chi connectivity index (χ1n) is 21.3. The number of carboxylic acid groups (broad SMARTS) is 3. The average Bonchev–Trinajstić information content (AvgIpc) is 3.20. The third-order valence-corrected chi connectivity index (χ3v) is 11.7. The zero-order chi connectivity index (χ0) is 44.5. The number of halogens is 1. The standard InChI is InChI=1S/C40H73IN5O14/c42-32(39(53)54)17-15-16-20-43-35(49)30-59-27-26-58-24-22-45-36(50)31-60-28-25-57-23-21-44-34(48)29-41-38(40(55)56)46-33(47)18-13-11-9-7-5-3-1-2-4-6-8-10-12-14-19-37(51)52/h32,38H,1-31,42H2,(H,43,49)(H,44,48)(H,45,50)(H,46,47)(H,51,52)(H,53,54)(H,55,56)/q-1/t32-,38+/m0/s1. The summed E-state index contributed by atoms with van der Waals surface area (Å²) in [5, 5.41) is 37.5. The van der Waals surface area contributed by atoms with Crippen molar-refractivity contribution in [3.63, 3.8) is 0 Å². The van der Waals surface area contributed by atoms with Gasteiger partial charge in [0.2, 0.25) is 5.91 Å². The monoisotopic (exact) mass is 974 g/mol. The van der Waals surface area contributed by atoms with Crippen molar-refractivity contribution >= 4 is 41.5 Å². The minimum Gasteiger partial charge on any atom is -0.480 e. The Bertz CT molecular complexity index is 1190. The minimum absolute atomic E-state index is 0.0399. The Hall–Kier alpha value is -3.18. The van der Waals surface area contributed by atoms with Gasteiger partial charge in [-0.05, 0) is 25.7 Å². The zero-order valence-electron chi connectivity index (χ0n) is 35.4. The molecule has 4 amide bonds. The molecule has 0 heterocycles. The molecule has 20 heteroatoms. The maximum absolute atomic E-state index is 12.3. The molecule has 0 bridgehead atoms. The SMILES string of the molecule is N[C@@H](CCCCNC(=O)COCCOCCNC(=O)COCCOCCNC(=O)C[I-][C@H](NC(=O)CCCCCCCCCCCCCCCCC(=O)O)C(=O)O)C(=O)O. The second kappa shape index (κ2) is 41.2. The maximum atomic E-state index is 12.3. The van der Waals surface area contributed by atoms with Gasteiger partial charge in [-0.3, -0.25) is 14.4 Å². The number of carbonyl (C=O) groups is 7. The van der Waals surface area contributed by atoms with Crippen molar-refractivity contribution in [1.82, 2.24) is 21.3 Å². The first-order valence-corrected chi connectivity index (χ1v) is 24.1. The van der Waals surface area contributed by atoms with Gasteiger partial charge in [-0.1, -0.05) is 32.1 Å². The molecule has 0 rings (SSSR count). The van der Waals surface area contributed by atoms with E-state index in [-0.39, 0.29) is 107 Å². The molecule has 0 fully saturated rings. The first kappa shape index (κ1) is 56.8. The van der Waals surface area contributed by atoms with Gasteiger partial charge < -0.3 is 30.7 Å². The van der Waals surface area contributed by atoms with Gasteiger partial charge in [0.1, 0.15) is 12.6 Å². The van der Waals surface area contributed by atoms with Gasteiger partial charge in [-0.2, -0.15) is 0 Å². The van der Waals surface area contributed by atoms with Gasteiger partial charge >= 0.3 is 206 Å². The van der Waals surface area contributed by atoms with Crippen LogP contribution in [0.25, 0.3) is 0 Å². The van der Waals surface area contributed by atoms with Gasteiger partial charge in [-0.25, -0.2) is 0 Å². The van der Waals surface area contributed by atoms with E-state index in [9.17, 15) is 38.7 Å². The van der Waals surface area contributed by atoms with Gasteiger partial charge in [0.15, 0.2) is 0 Å². The number of nitrogens with two attached hydrogens (primary N) is 1. The molecule has 350 valence electrons. The van der Waals surface area contributed by atoms with Crippen molar-refractivity contribution in [3.05, 3.63) is 0 Å². The number of aliphatic carboxylic acids is 3. The summed E-state index contributed by atoms with van der Waals surface area (Å²) in [5.41, 5.74) is 5.42. The Morgan fingerprint density at radius 3 is 1.37 bits per heavy atom. The van der Waals surface area contributed by atoms with E-state index in [1.807, 2.05) is 0 Å². The summed E-state index contributed by atoms with van der Waals surface area (Å²) in [7, 11) is 0. The van der Waals surface area contributed by atoms with E-state index in [4.69, 9.17) is 34.9 Å². The third-order valence-electron chi connectivity index (χ3n) is 8.83. The van der Waals surface area contributed by atoms with E-state index >= 15 is 0 Å². The van der Waals surface area contributed by atoms with Gasteiger partial charge in [-0.15, -0.1) is 0 Å². The Labute approximate surface area is 365 Å². The van der Waals surface area contributed by atoms with Crippen LogP contribution >= 0.6 is 0 Å². The zero-order valence-corrected chi connectivity index (χ0v) is 37.5. The summed E-state index contributed by atoms with van der Waals surface area (Å²) in [6.07, 6.45) is 17.1.